The van der Waals surface area contributed by atoms with Gasteiger partial charge in [0.15, 0.2) is 0 Å². The van der Waals surface area contributed by atoms with Gasteiger partial charge in [0.2, 0.25) is 5.91 Å². The van der Waals surface area contributed by atoms with E-state index in [0.717, 1.165) is 50.0 Å². The molecule has 1 unspecified atom stereocenters. The van der Waals surface area contributed by atoms with Crippen molar-refractivity contribution in [3.05, 3.63) is 34.3 Å². The lowest BCUT2D eigenvalue weighted by Crippen LogP contribution is -2.44. The Balaban J connectivity index is 1.46. The summed E-state index contributed by atoms with van der Waals surface area (Å²) in [7, 11) is 0. The van der Waals surface area contributed by atoms with Crippen LogP contribution < -0.4 is 5.32 Å². The third-order valence-corrected chi connectivity index (χ3v) is 5.86. The summed E-state index contributed by atoms with van der Waals surface area (Å²) < 4.78 is 17.7. The first-order chi connectivity index (χ1) is 12.7. The first kappa shape index (κ1) is 19.8. The molecule has 2 heterocycles. The number of nitrogens with one attached hydrogen (secondary N) is 1. The number of amides is 1. The van der Waals surface area contributed by atoms with Crippen molar-refractivity contribution in [1.82, 2.24) is 5.32 Å². The van der Waals surface area contributed by atoms with E-state index in [4.69, 9.17) is 14.2 Å². The van der Waals surface area contributed by atoms with Crippen LogP contribution in [0.25, 0.3) is 0 Å². The van der Waals surface area contributed by atoms with E-state index in [9.17, 15) is 4.79 Å². The third kappa shape index (κ3) is 5.52. The van der Waals surface area contributed by atoms with Crippen molar-refractivity contribution in [2.45, 2.75) is 43.6 Å². The number of rotatable bonds is 8. The molecule has 2 aliphatic rings. The highest BCUT2D eigenvalue weighted by Gasteiger charge is 2.34. The molecule has 3 rings (SSSR count). The highest BCUT2D eigenvalue weighted by molar-refractivity contribution is 9.10. The number of benzene rings is 1. The van der Waals surface area contributed by atoms with E-state index in [-0.39, 0.29) is 17.4 Å². The third-order valence-electron chi connectivity index (χ3n) is 5.33. The molecule has 0 aromatic heterocycles. The van der Waals surface area contributed by atoms with E-state index in [1.165, 1.54) is 5.56 Å². The molecule has 1 N–H and O–H groups in total. The van der Waals surface area contributed by atoms with Gasteiger partial charge in [-0.1, -0.05) is 28.1 Å². The van der Waals surface area contributed by atoms with Gasteiger partial charge in [0, 0.05) is 42.7 Å². The number of ether oxygens (including phenoxy) is 3. The van der Waals surface area contributed by atoms with Crippen LogP contribution in [0, 0.1) is 0 Å². The number of halogens is 1. The average Bonchev–Trinajstić information content (AvgIpc) is 3.18. The van der Waals surface area contributed by atoms with Crippen molar-refractivity contribution < 1.29 is 19.0 Å². The SMILES string of the molecule is O=C(CCOCC1CCCO1)NCC1(c2ccc(Br)cc2)CCOCC1. The Bertz CT molecular complexity index is 566. The van der Waals surface area contributed by atoms with Gasteiger partial charge in [-0.05, 0) is 43.4 Å². The van der Waals surface area contributed by atoms with Crippen molar-refractivity contribution in [2.24, 2.45) is 0 Å². The quantitative estimate of drug-likeness (QED) is 0.649. The number of hydrogen-bond donors (Lipinski definition) is 1. The fourth-order valence-corrected chi connectivity index (χ4v) is 3.91. The second kappa shape index (κ2) is 9.83. The Kier molecular flexibility index (Phi) is 7.49. The summed E-state index contributed by atoms with van der Waals surface area (Å²) in [4.78, 5) is 12.2. The van der Waals surface area contributed by atoms with Crippen LogP contribution in [0.2, 0.25) is 0 Å². The summed E-state index contributed by atoms with van der Waals surface area (Å²) in [6, 6.07) is 8.42. The summed E-state index contributed by atoms with van der Waals surface area (Å²) >= 11 is 3.49. The zero-order chi connectivity index (χ0) is 18.2. The predicted molar refractivity (Wildman–Crippen MR) is 103 cm³/mol. The van der Waals surface area contributed by atoms with Crippen LogP contribution in [0.3, 0.4) is 0 Å². The molecular weight excluding hydrogens is 398 g/mol. The maximum absolute atomic E-state index is 12.2. The Morgan fingerprint density at radius 2 is 2.00 bits per heavy atom. The molecule has 0 aliphatic carbocycles. The van der Waals surface area contributed by atoms with E-state index in [1.54, 1.807) is 0 Å². The molecule has 2 saturated heterocycles. The van der Waals surface area contributed by atoms with Crippen molar-refractivity contribution in [3.8, 4) is 0 Å². The molecule has 0 radical (unpaired) electrons. The van der Waals surface area contributed by atoms with Gasteiger partial charge in [-0.15, -0.1) is 0 Å². The molecule has 144 valence electrons. The van der Waals surface area contributed by atoms with Gasteiger partial charge in [-0.25, -0.2) is 0 Å². The molecule has 5 nitrogen and oxygen atoms in total. The lowest BCUT2D eigenvalue weighted by molar-refractivity contribution is -0.123. The topological polar surface area (TPSA) is 56.8 Å². The molecule has 0 spiro atoms. The minimum Gasteiger partial charge on any atom is -0.381 e. The summed E-state index contributed by atoms with van der Waals surface area (Å²) in [5.74, 6) is 0.0420. The van der Waals surface area contributed by atoms with Crippen LogP contribution in [0.15, 0.2) is 28.7 Å². The molecule has 2 aliphatic heterocycles. The highest BCUT2D eigenvalue weighted by Crippen LogP contribution is 2.35. The van der Waals surface area contributed by atoms with Crippen molar-refractivity contribution >= 4 is 21.8 Å². The standard InChI is InChI=1S/C20H28BrNO4/c21-17-5-3-16(4-6-17)20(8-12-24-13-9-20)15-22-19(23)7-11-25-14-18-2-1-10-26-18/h3-6,18H,1-2,7-15H2,(H,22,23). The van der Waals surface area contributed by atoms with Crippen molar-refractivity contribution in [1.29, 1.82) is 0 Å². The minimum atomic E-state index is -0.0485. The van der Waals surface area contributed by atoms with Gasteiger partial charge in [-0.3, -0.25) is 4.79 Å². The fraction of sp³-hybridized carbons (Fsp3) is 0.650. The zero-order valence-corrected chi connectivity index (χ0v) is 16.8. The monoisotopic (exact) mass is 425 g/mol. The van der Waals surface area contributed by atoms with Crippen LogP contribution in [-0.4, -0.2) is 51.6 Å². The van der Waals surface area contributed by atoms with Gasteiger partial charge >= 0.3 is 0 Å². The molecule has 6 heteroatoms. The average molecular weight is 426 g/mol. The van der Waals surface area contributed by atoms with Crippen LogP contribution in [0.5, 0.6) is 0 Å². The molecule has 1 atom stereocenters. The van der Waals surface area contributed by atoms with Gasteiger partial charge in [-0.2, -0.15) is 0 Å². The van der Waals surface area contributed by atoms with Crippen LogP contribution >= 0.6 is 15.9 Å². The van der Waals surface area contributed by atoms with E-state index < -0.39 is 0 Å². The normalized spacial score (nSPS) is 22.3. The maximum Gasteiger partial charge on any atom is 0.222 e. The Hall–Kier alpha value is -0.950. The molecular formula is C20H28BrNO4. The van der Waals surface area contributed by atoms with Gasteiger partial charge in [0.25, 0.3) is 0 Å². The lowest BCUT2D eigenvalue weighted by Gasteiger charge is -2.38. The first-order valence-corrected chi connectivity index (χ1v) is 10.3. The van der Waals surface area contributed by atoms with Crippen LogP contribution in [-0.2, 0) is 24.4 Å². The summed E-state index contributed by atoms with van der Waals surface area (Å²) in [6.07, 6.45) is 4.61. The van der Waals surface area contributed by atoms with Crippen LogP contribution in [0.4, 0.5) is 0 Å². The second-order valence-electron chi connectivity index (χ2n) is 7.14. The van der Waals surface area contributed by atoms with E-state index in [1.807, 2.05) is 0 Å². The van der Waals surface area contributed by atoms with Crippen molar-refractivity contribution in [3.63, 3.8) is 0 Å². The van der Waals surface area contributed by atoms with Gasteiger partial charge < -0.3 is 19.5 Å². The maximum atomic E-state index is 12.2. The first-order valence-electron chi connectivity index (χ1n) is 9.48. The second-order valence-corrected chi connectivity index (χ2v) is 8.05. The van der Waals surface area contributed by atoms with Gasteiger partial charge in [0.05, 0.1) is 19.3 Å². The summed E-state index contributed by atoms with van der Waals surface area (Å²) in [5.41, 5.74) is 1.21. The molecule has 1 aromatic rings. The molecule has 1 amide bonds. The fourth-order valence-electron chi connectivity index (χ4n) is 3.64. The number of carbonyl (C=O) groups is 1. The Labute approximate surface area is 163 Å². The van der Waals surface area contributed by atoms with E-state index in [0.29, 0.717) is 26.2 Å². The highest BCUT2D eigenvalue weighted by atomic mass is 79.9. The smallest absolute Gasteiger partial charge is 0.222 e. The van der Waals surface area contributed by atoms with Crippen molar-refractivity contribution in [2.75, 3.05) is 39.6 Å². The molecule has 1 aromatic carbocycles. The number of hydrogen-bond acceptors (Lipinski definition) is 4. The molecule has 26 heavy (non-hydrogen) atoms. The largest absolute Gasteiger partial charge is 0.381 e. The van der Waals surface area contributed by atoms with E-state index >= 15 is 0 Å². The number of carbonyl (C=O) groups excluding carboxylic acids is 1. The van der Waals surface area contributed by atoms with Gasteiger partial charge in [0.1, 0.15) is 0 Å². The lowest BCUT2D eigenvalue weighted by atomic mass is 9.74. The Morgan fingerprint density at radius 1 is 1.23 bits per heavy atom. The van der Waals surface area contributed by atoms with E-state index in [2.05, 4.69) is 45.5 Å². The Morgan fingerprint density at radius 3 is 2.69 bits per heavy atom. The molecule has 0 bridgehead atoms. The molecule has 2 fully saturated rings. The summed E-state index contributed by atoms with van der Waals surface area (Å²) in [6.45, 7) is 3.97. The summed E-state index contributed by atoms with van der Waals surface area (Å²) in [5, 5.41) is 3.12. The molecule has 0 saturated carbocycles. The minimum absolute atomic E-state index is 0.0420. The zero-order valence-electron chi connectivity index (χ0n) is 15.2. The van der Waals surface area contributed by atoms with Crippen LogP contribution in [0.1, 0.15) is 37.7 Å². The predicted octanol–water partition coefficient (Wildman–Crippen LogP) is 3.20.